The summed E-state index contributed by atoms with van der Waals surface area (Å²) in [5.74, 6) is 0.480. The van der Waals surface area contributed by atoms with Gasteiger partial charge in [-0.1, -0.05) is 19.1 Å². The third kappa shape index (κ3) is 2.28. The van der Waals surface area contributed by atoms with E-state index in [9.17, 15) is 0 Å². The fourth-order valence-corrected chi connectivity index (χ4v) is 1.73. The number of aromatic nitrogens is 3. The van der Waals surface area contributed by atoms with E-state index < -0.39 is 0 Å². The van der Waals surface area contributed by atoms with Gasteiger partial charge < -0.3 is 5.73 Å². The van der Waals surface area contributed by atoms with E-state index in [2.05, 4.69) is 29.1 Å². The van der Waals surface area contributed by atoms with E-state index >= 15 is 0 Å². The number of hydrogen-bond donors (Lipinski definition) is 1. The molecule has 0 saturated heterocycles. The van der Waals surface area contributed by atoms with E-state index in [1.807, 2.05) is 12.1 Å². The lowest BCUT2D eigenvalue weighted by atomic mass is 9.97. The van der Waals surface area contributed by atoms with Gasteiger partial charge in [0.2, 0.25) is 0 Å². The summed E-state index contributed by atoms with van der Waals surface area (Å²) in [6.45, 7) is 2.90. The van der Waals surface area contributed by atoms with Crippen molar-refractivity contribution in [3.63, 3.8) is 0 Å². The molecule has 1 atom stereocenters. The maximum atomic E-state index is 5.57. The second kappa shape index (κ2) is 4.90. The monoisotopic (exact) mass is 216 g/mol. The fraction of sp³-hybridized carbons (Fsp3) is 0.333. The van der Waals surface area contributed by atoms with Crippen molar-refractivity contribution < 1.29 is 0 Å². The molecule has 84 valence electrons. The van der Waals surface area contributed by atoms with Gasteiger partial charge in [-0.2, -0.15) is 5.10 Å². The van der Waals surface area contributed by atoms with Crippen molar-refractivity contribution >= 4 is 0 Å². The van der Waals surface area contributed by atoms with Gasteiger partial charge >= 0.3 is 0 Å². The Labute approximate surface area is 95.1 Å². The Kier molecular flexibility index (Phi) is 3.31. The van der Waals surface area contributed by atoms with Crippen LogP contribution in [0.25, 0.3) is 5.69 Å². The van der Waals surface area contributed by atoms with Crippen LogP contribution in [0.5, 0.6) is 0 Å². The molecule has 0 aliphatic carbocycles. The third-order valence-corrected chi connectivity index (χ3v) is 2.72. The van der Waals surface area contributed by atoms with Crippen LogP contribution in [0.4, 0.5) is 0 Å². The Balaban J connectivity index is 2.26. The lowest BCUT2D eigenvalue weighted by Gasteiger charge is -2.11. The molecule has 0 aliphatic rings. The predicted molar refractivity (Wildman–Crippen MR) is 63.4 cm³/mol. The van der Waals surface area contributed by atoms with Crippen molar-refractivity contribution in [2.24, 2.45) is 5.73 Å². The molecule has 1 unspecified atom stereocenters. The fourth-order valence-electron chi connectivity index (χ4n) is 1.73. The minimum atomic E-state index is 0.480. The summed E-state index contributed by atoms with van der Waals surface area (Å²) in [5, 5.41) is 4.11. The summed E-state index contributed by atoms with van der Waals surface area (Å²) >= 11 is 0. The van der Waals surface area contributed by atoms with Crippen molar-refractivity contribution in [1.82, 2.24) is 14.8 Å². The minimum Gasteiger partial charge on any atom is -0.330 e. The van der Waals surface area contributed by atoms with Gasteiger partial charge in [0, 0.05) is 0 Å². The molecule has 1 aromatic carbocycles. The number of nitrogens with zero attached hydrogens (tertiary/aromatic N) is 3. The Morgan fingerprint density at radius 3 is 3.00 bits per heavy atom. The summed E-state index contributed by atoms with van der Waals surface area (Å²) in [4.78, 5) is 3.94. The van der Waals surface area contributed by atoms with Crippen LogP contribution in [0.15, 0.2) is 36.9 Å². The van der Waals surface area contributed by atoms with E-state index in [1.165, 1.54) is 11.9 Å². The molecule has 0 saturated carbocycles. The molecule has 1 heterocycles. The molecular weight excluding hydrogens is 200 g/mol. The van der Waals surface area contributed by atoms with Crippen LogP contribution in [0.2, 0.25) is 0 Å². The molecule has 16 heavy (non-hydrogen) atoms. The first kappa shape index (κ1) is 10.8. The average Bonchev–Trinajstić information content (AvgIpc) is 2.83. The molecule has 0 spiro atoms. The van der Waals surface area contributed by atoms with E-state index in [0.717, 1.165) is 12.1 Å². The lowest BCUT2D eigenvalue weighted by molar-refractivity contribution is 0.689. The van der Waals surface area contributed by atoms with Gasteiger partial charge in [-0.25, -0.2) is 9.67 Å². The van der Waals surface area contributed by atoms with Crippen LogP contribution >= 0.6 is 0 Å². The SMILES string of the molecule is CC(CCN)c1cccc(-n2cncn2)c1. The van der Waals surface area contributed by atoms with Gasteiger partial charge in [-0.05, 0) is 36.6 Å². The van der Waals surface area contributed by atoms with Crippen molar-refractivity contribution in [3.8, 4) is 5.69 Å². The number of benzene rings is 1. The van der Waals surface area contributed by atoms with Gasteiger partial charge in [0.1, 0.15) is 12.7 Å². The topological polar surface area (TPSA) is 56.7 Å². The smallest absolute Gasteiger partial charge is 0.138 e. The molecule has 0 radical (unpaired) electrons. The zero-order chi connectivity index (χ0) is 11.4. The summed E-state index contributed by atoms with van der Waals surface area (Å²) in [6, 6.07) is 8.32. The lowest BCUT2D eigenvalue weighted by Crippen LogP contribution is -2.05. The van der Waals surface area contributed by atoms with Gasteiger partial charge in [0.25, 0.3) is 0 Å². The zero-order valence-electron chi connectivity index (χ0n) is 9.37. The number of hydrogen-bond acceptors (Lipinski definition) is 3. The van der Waals surface area contributed by atoms with Crippen LogP contribution in [-0.2, 0) is 0 Å². The highest BCUT2D eigenvalue weighted by Gasteiger charge is 2.05. The van der Waals surface area contributed by atoms with E-state index in [-0.39, 0.29) is 0 Å². The predicted octanol–water partition coefficient (Wildman–Crippen LogP) is 1.72. The maximum Gasteiger partial charge on any atom is 0.138 e. The van der Waals surface area contributed by atoms with Crippen LogP contribution in [-0.4, -0.2) is 21.3 Å². The summed E-state index contributed by atoms with van der Waals surface area (Å²) in [6.07, 6.45) is 4.24. The first-order valence-corrected chi connectivity index (χ1v) is 5.46. The molecule has 0 aliphatic heterocycles. The summed E-state index contributed by atoms with van der Waals surface area (Å²) in [7, 11) is 0. The highest BCUT2D eigenvalue weighted by molar-refractivity contribution is 5.36. The Morgan fingerprint density at radius 2 is 2.31 bits per heavy atom. The molecule has 2 rings (SSSR count). The molecule has 4 heteroatoms. The molecular formula is C12H16N4. The van der Waals surface area contributed by atoms with Crippen LogP contribution in [0.1, 0.15) is 24.8 Å². The van der Waals surface area contributed by atoms with Crippen molar-refractivity contribution in [3.05, 3.63) is 42.5 Å². The number of rotatable bonds is 4. The van der Waals surface area contributed by atoms with Gasteiger partial charge in [0.05, 0.1) is 5.69 Å². The quantitative estimate of drug-likeness (QED) is 0.846. The first-order chi connectivity index (χ1) is 7.81. The van der Waals surface area contributed by atoms with Crippen LogP contribution < -0.4 is 5.73 Å². The normalized spacial score (nSPS) is 12.6. The van der Waals surface area contributed by atoms with Gasteiger partial charge in [-0.3, -0.25) is 0 Å². The first-order valence-electron chi connectivity index (χ1n) is 5.46. The second-order valence-electron chi connectivity index (χ2n) is 3.91. The Bertz CT molecular complexity index is 436. The highest BCUT2D eigenvalue weighted by Crippen LogP contribution is 2.20. The Morgan fingerprint density at radius 1 is 1.44 bits per heavy atom. The standard InChI is InChI=1S/C12H16N4/c1-10(5-6-13)11-3-2-4-12(7-11)16-9-14-8-15-16/h2-4,7-10H,5-6,13H2,1H3. The molecule has 1 aromatic heterocycles. The van der Waals surface area contributed by atoms with Crippen molar-refractivity contribution in [2.75, 3.05) is 6.54 Å². The molecule has 0 amide bonds. The van der Waals surface area contributed by atoms with Crippen molar-refractivity contribution in [1.29, 1.82) is 0 Å². The van der Waals surface area contributed by atoms with Crippen molar-refractivity contribution in [2.45, 2.75) is 19.3 Å². The molecule has 4 nitrogen and oxygen atoms in total. The minimum absolute atomic E-state index is 0.480. The molecule has 0 fully saturated rings. The van der Waals surface area contributed by atoms with Gasteiger partial charge in [0.15, 0.2) is 0 Å². The highest BCUT2D eigenvalue weighted by atomic mass is 15.3. The number of nitrogens with two attached hydrogens (primary N) is 1. The van der Waals surface area contributed by atoms with Crippen LogP contribution in [0, 0.1) is 0 Å². The van der Waals surface area contributed by atoms with Crippen LogP contribution in [0.3, 0.4) is 0 Å². The third-order valence-electron chi connectivity index (χ3n) is 2.72. The largest absolute Gasteiger partial charge is 0.330 e. The average molecular weight is 216 g/mol. The van der Waals surface area contributed by atoms with E-state index in [4.69, 9.17) is 5.73 Å². The van der Waals surface area contributed by atoms with E-state index in [0.29, 0.717) is 12.5 Å². The van der Waals surface area contributed by atoms with Gasteiger partial charge in [-0.15, -0.1) is 0 Å². The molecule has 0 bridgehead atoms. The van der Waals surface area contributed by atoms with E-state index in [1.54, 1.807) is 11.0 Å². The molecule has 2 aromatic rings. The summed E-state index contributed by atoms with van der Waals surface area (Å²) < 4.78 is 1.76. The second-order valence-corrected chi connectivity index (χ2v) is 3.91. The Hall–Kier alpha value is -1.68. The zero-order valence-corrected chi connectivity index (χ0v) is 9.37. The maximum absolute atomic E-state index is 5.57. The molecule has 2 N–H and O–H groups in total. The summed E-state index contributed by atoms with van der Waals surface area (Å²) in [5.41, 5.74) is 7.90.